The highest BCUT2D eigenvalue weighted by atomic mass is 16.5. The van der Waals surface area contributed by atoms with Gasteiger partial charge in [0.1, 0.15) is 0 Å². The SMILES string of the molecule is Cc1cc(CCCCC(=O)OC(C)C)cc(NC(C)C)c1C. The topological polar surface area (TPSA) is 38.3 Å². The zero-order valence-electron chi connectivity index (χ0n) is 15.0. The minimum absolute atomic E-state index is 0.0167. The van der Waals surface area contributed by atoms with Gasteiger partial charge in [-0.05, 0) is 83.6 Å². The van der Waals surface area contributed by atoms with Crippen LogP contribution < -0.4 is 5.32 Å². The first-order valence-corrected chi connectivity index (χ1v) is 8.35. The first-order chi connectivity index (χ1) is 10.3. The van der Waals surface area contributed by atoms with Crippen LogP contribution >= 0.6 is 0 Å². The van der Waals surface area contributed by atoms with Crippen molar-refractivity contribution in [3.05, 3.63) is 28.8 Å². The van der Waals surface area contributed by atoms with Gasteiger partial charge < -0.3 is 10.1 Å². The molecule has 0 spiro atoms. The highest BCUT2D eigenvalue weighted by molar-refractivity contribution is 5.69. The van der Waals surface area contributed by atoms with Gasteiger partial charge in [-0.1, -0.05) is 6.07 Å². The van der Waals surface area contributed by atoms with Gasteiger partial charge >= 0.3 is 5.97 Å². The molecule has 0 fully saturated rings. The second-order valence-corrected chi connectivity index (χ2v) is 6.63. The minimum atomic E-state index is -0.0859. The van der Waals surface area contributed by atoms with Crippen molar-refractivity contribution < 1.29 is 9.53 Å². The number of anilines is 1. The summed E-state index contributed by atoms with van der Waals surface area (Å²) in [4.78, 5) is 11.5. The number of carbonyl (C=O) groups excluding carboxylic acids is 1. The molecule has 0 aromatic heterocycles. The van der Waals surface area contributed by atoms with Crippen molar-refractivity contribution in [3.63, 3.8) is 0 Å². The molecular formula is C19H31NO2. The van der Waals surface area contributed by atoms with Gasteiger partial charge in [-0.2, -0.15) is 0 Å². The third-order valence-electron chi connectivity index (χ3n) is 3.63. The third-order valence-corrected chi connectivity index (χ3v) is 3.63. The molecule has 0 aliphatic heterocycles. The molecule has 0 aliphatic carbocycles. The van der Waals surface area contributed by atoms with Gasteiger partial charge in [-0.25, -0.2) is 0 Å². The van der Waals surface area contributed by atoms with E-state index in [9.17, 15) is 4.79 Å². The molecular weight excluding hydrogens is 274 g/mol. The summed E-state index contributed by atoms with van der Waals surface area (Å²) in [5.74, 6) is -0.0859. The maximum atomic E-state index is 11.5. The Morgan fingerprint density at radius 1 is 1.14 bits per heavy atom. The minimum Gasteiger partial charge on any atom is -0.463 e. The van der Waals surface area contributed by atoms with Crippen molar-refractivity contribution in [2.24, 2.45) is 0 Å². The Labute approximate surface area is 135 Å². The maximum Gasteiger partial charge on any atom is 0.306 e. The predicted octanol–water partition coefficient (Wildman–Crippen LogP) is 4.79. The van der Waals surface area contributed by atoms with Crippen LogP contribution in [0.1, 0.15) is 63.6 Å². The molecule has 22 heavy (non-hydrogen) atoms. The van der Waals surface area contributed by atoms with E-state index in [1.165, 1.54) is 22.4 Å². The van der Waals surface area contributed by atoms with Crippen molar-refractivity contribution in [1.29, 1.82) is 0 Å². The van der Waals surface area contributed by atoms with E-state index in [-0.39, 0.29) is 12.1 Å². The first kappa shape index (κ1) is 18.5. The van der Waals surface area contributed by atoms with Crippen LogP contribution in [-0.2, 0) is 16.0 Å². The van der Waals surface area contributed by atoms with Crippen LogP contribution in [0.3, 0.4) is 0 Å². The zero-order valence-corrected chi connectivity index (χ0v) is 15.0. The van der Waals surface area contributed by atoms with Crippen molar-refractivity contribution in [3.8, 4) is 0 Å². The van der Waals surface area contributed by atoms with Gasteiger partial charge in [-0.3, -0.25) is 4.79 Å². The van der Waals surface area contributed by atoms with E-state index in [2.05, 4.69) is 45.1 Å². The fraction of sp³-hybridized carbons (Fsp3) is 0.632. The lowest BCUT2D eigenvalue weighted by molar-refractivity contribution is -0.147. The number of unbranched alkanes of at least 4 members (excludes halogenated alkanes) is 1. The number of rotatable bonds is 8. The van der Waals surface area contributed by atoms with Gasteiger partial charge in [0.15, 0.2) is 0 Å². The normalized spacial score (nSPS) is 11.1. The summed E-state index contributed by atoms with van der Waals surface area (Å²) in [6, 6.07) is 4.93. The molecule has 3 heteroatoms. The fourth-order valence-corrected chi connectivity index (χ4v) is 2.46. The molecule has 0 radical (unpaired) electrons. The fourth-order valence-electron chi connectivity index (χ4n) is 2.46. The number of benzene rings is 1. The summed E-state index contributed by atoms with van der Waals surface area (Å²) < 4.78 is 5.15. The number of aryl methyl sites for hydroxylation is 2. The Morgan fingerprint density at radius 2 is 1.82 bits per heavy atom. The Kier molecular flexibility index (Phi) is 7.43. The molecule has 0 heterocycles. The maximum absolute atomic E-state index is 11.5. The molecule has 0 bridgehead atoms. The molecule has 1 rings (SSSR count). The van der Waals surface area contributed by atoms with Crippen LogP contribution in [0, 0.1) is 13.8 Å². The largest absolute Gasteiger partial charge is 0.463 e. The van der Waals surface area contributed by atoms with Gasteiger partial charge in [0.25, 0.3) is 0 Å². The summed E-state index contributed by atoms with van der Waals surface area (Å²) in [6.07, 6.45) is 3.39. The van der Waals surface area contributed by atoms with Gasteiger partial charge in [0.05, 0.1) is 6.10 Å². The molecule has 1 N–H and O–H groups in total. The number of hydrogen-bond donors (Lipinski definition) is 1. The molecule has 0 saturated heterocycles. The van der Waals surface area contributed by atoms with E-state index in [1.807, 2.05) is 13.8 Å². The van der Waals surface area contributed by atoms with Crippen molar-refractivity contribution >= 4 is 11.7 Å². The van der Waals surface area contributed by atoms with E-state index in [0.717, 1.165) is 19.3 Å². The summed E-state index contributed by atoms with van der Waals surface area (Å²) in [5, 5.41) is 3.51. The Morgan fingerprint density at radius 3 is 2.41 bits per heavy atom. The van der Waals surface area contributed by atoms with Crippen LogP contribution in [0.25, 0.3) is 0 Å². The highest BCUT2D eigenvalue weighted by Crippen LogP contribution is 2.23. The summed E-state index contributed by atoms with van der Waals surface area (Å²) in [5.41, 5.74) is 5.20. The number of nitrogens with one attached hydrogen (secondary N) is 1. The lowest BCUT2D eigenvalue weighted by Gasteiger charge is -2.16. The second kappa shape index (κ2) is 8.82. The molecule has 0 saturated carbocycles. The number of carbonyl (C=O) groups is 1. The van der Waals surface area contributed by atoms with E-state index in [1.54, 1.807) is 0 Å². The monoisotopic (exact) mass is 305 g/mol. The van der Waals surface area contributed by atoms with Crippen LogP contribution in [-0.4, -0.2) is 18.1 Å². The Hall–Kier alpha value is -1.51. The number of ether oxygens (including phenoxy) is 1. The Balaban J connectivity index is 2.52. The standard InChI is InChI=1S/C19H31NO2/c1-13(2)20-18-12-17(11-15(5)16(18)6)9-7-8-10-19(21)22-14(3)4/h11-14,20H,7-10H2,1-6H3. The average molecular weight is 305 g/mol. The van der Waals surface area contributed by atoms with Crippen LogP contribution in [0.4, 0.5) is 5.69 Å². The van der Waals surface area contributed by atoms with Crippen LogP contribution in [0.5, 0.6) is 0 Å². The molecule has 3 nitrogen and oxygen atoms in total. The zero-order chi connectivity index (χ0) is 16.7. The summed E-state index contributed by atoms with van der Waals surface area (Å²) >= 11 is 0. The van der Waals surface area contributed by atoms with E-state index >= 15 is 0 Å². The molecule has 0 unspecified atom stereocenters. The third kappa shape index (κ3) is 6.50. The van der Waals surface area contributed by atoms with Crippen LogP contribution in [0.15, 0.2) is 12.1 Å². The highest BCUT2D eigenvalue weighted by Gasteiger charge is 2.07. The van der Waals surface area contributed by atoms with Crippen molar-refractivity contribution in [2.45, 2.75) is 79.4 Å². The quantitative estimate of drug-likeness (QED) is 0.554. The first-order valence-electron chi connectivity index (χ1n) is 8.35. The summed E-state index contributed by atoms with van der Waals surface area (Å²) in [7, 11) is 0. The van der Waals surface area contributed by atoms with E-state index < -0.39 is 0 Å². The van der Waals surface area contributed by atoms with E-state index in [0.29, 0.717) is 12.5 Å². The lowest BCUT2D eigenvalue weighted by Crippen LogP contribution is -2.12. The molecule has 1 aromatic rings. The van der Waals surface area contributed by atoms with Gasteiger partial charge in [0.2, 0.25) is 0 Å². The second-order valence-electron chi connectivity index (χ2n) is 6.63. The lowest BCUT2D eigenvalue weighted by atomic mass is 9.99. The van der Waals surface area contributed by atoms with Crippen molar-refractivity contribution in [2.75, 3.05) is 5.32 Å². The molecule has 0 atom stereocenters. The summed E-state index contributed by atoms with van der Waals surface area (Å²) in [6.45, 7) is 12.4. The van der Waals surface area contributed by atoms with Crippen molar-refractivity contribution in [1.82, 2.24) is 0 Å². The number of esters is 1. The number of hydrogen-bond acceptors (Lipinski definition) is 3. The molecule has 1 aromatic carbocycles. The predicted molar refractivity (Wildman–Crippen MR) is 93.5 cm³/mol. The Bertz CT molecular complexity index is 492. The molecule has 0 amide bonds. The van der Waals surface area contributed by atoms with Gasteiger partial charge in [0, 0.05) is 18.2 Å². The van der Waals surface area contributed by atoms with Crippen LogP contribution in [0.2, 0.25) is 0 Å². The molecule has 0 aliphatic rings. The average Bonchev–Trinajstić information content (AvgIpc) is 2.39. The smallest absolute Gasteiger partial charge is 0.306 e. The van der Waals surface area contributed by atoms with E-state index in [4.69, 9.17) is 4.74 Å². The molecule has 124 valence electrons. The van der Waals surface area contributed by atoms with Gasteiger partial charge in [-0.15, -0.1) is 0 Å².